The summed E-state index contributed by atoms with van der Waals surface area (Å²) >= 11 is 0. The Hall–Kier alpha value is -2.89. The first kappa shape index (κ1) is 23.5. The number of aliphatic hydroxyl groups is 1. The summed E-state index contributed by atoms with van der Waals surface area (Å²) < 4.78 is 5.56. The second-order valence-electron chi connectivity index (χ2n) is 11.2. The molecule has 0 aromatic heterocycles. The van der Waals surface area contributed by atoms with Gasteiger partial charge in [-0.15, -0.1) is 0 Å². The molecule has 3 aromatic carbocycles. The van der Waals surface area contributed by atoms with Gasteiger partial charge in [0.25, 0.3) is 5.91 Å². The lowest BCUT2D eigenvalue weighted by Crippen LogP contribution is -2.67. The van der Waals surface area contributed by atoms with Crippen LogP contribution < -0.4 is 10.1 Å². The van der Waals surface area contributed by atoms with E-state index in [1.54, 1.807) is 7.11 Å². The molecule has 36 heavy (non-hydrogen) atoms. The van der Waals surface area contributed by atoms with Crippen LogP contribution in [0.4, 0.5) is 0 Å². The molecule has 0 bridgehead atoms. The number of likely N-dealkylation sites (tertiary alicyclic amines) is 1. The van der Waals surface area contributed by atoms with Crippen molar-refractivity contribution in [2.45, 2.75) is 55.6 Å². The Morgan fingerprint density at radius 3 is 2.67 bits per heavy atom. The van der Waals surface area contributed by atoms with E-state index >= 15 is 0 Å². The Balaban J connectivity index is 1.27. The van der Waals surface area contributed by atoms with Gasteiger partial charge in [0.15, 0.2) is 0 Å². The summed E-state index contributed by atoms with van der Waals surface area (Å²) in [5, 5.41) is 17.8. The van der Waals surface area contributed by atoms with E-state index in [0.717, 1.165) is 60.4 Å². The van der Waals surface area contributed by atoms with Gasteiger partial charge >= 0.3 is 0 Å². The Labute approximate surface area is 213 Å². The van der Waals surface area contributed by atoms with Gasteiger partial charge in [0.05, 0.1) is 12.7 Å². The van der Waals surface area contributed by atoms with Gasteiger partial charge in [0, 0.05) is 30.1 Å². The molecule has 0 radical (unpaired) electrons. The summed E-state index contributed by atoms with van der Waals surface area (Å²) in [6.07, 6.45) is 5.70. The van der Waals surface area contributed by atoms with E-state index in [2.05, 4.69) is 28.4 Å². The first-order valence-electron chi connectivity index (χ1n) is 13.4. The number of hydrogen-bond acceptors (Lipinski definition) is 4. The van der Waals surface area contributed by atoms with Crippen molar-refractivity contribution in [3.8, 4) is 5.75 Å². The average molecular weight is 485 g/mol. The highest BCUT2D eigenvalue weighted by atomic mass is 16.5. The fraction of sp³-hybridized carbons (Fsp3) is 0.452. The smallest absolute Gasteiger partial charge is 0.251 e. The number of nitrogens with zero attached hydrogens (tertiary/aromatic N) is 1. The molecule has 3 fully saturated rings. The highest BCUT2D eigenvalue weighted by Crippen LogP contribution is 2.52. The number of carbonyl (C=O) groups excluding carboxylic acids is 1. The van der Waals surface area contributed by atoms with Crippen LogP contribution in [0.2, 0.25) is 0 Å². The molecule has 0 spiro atoms. The number of hydrogen-bond donors (Lipinski definition) is 2. The van der Waals surface area contributed by atoms with Gasteiger partial charge in [-0.3, -0.25) is 4.79 Å². The van der Waals surface area contributed by atoms with Crippen LogP contribution in [0.25, 0.3) is 10.8 Å². The average Bonchev–Trinajstić information content (AvgIpc) is 3.72. The predicted molar refractivity (Wildman–Crippen MR) is 142 cm³/mol. The van der Waals surface area contributed by atoms with Gasteiger partial charge in [-0.1, -0.05) is 42.5 Å². The second-order valence-corrected chi connectivity index (χ2v) is 11.2. The van der Waals surface area contributed by atoms with Crippen LogP contribution in [-0.4, -0.2) is 54.3 Å². The van der Waals surface area contributed by atoms with Crippen molar-refractivity contribution in [3.63, 3.8) is 0 Å². The van der Waals surface area contributed by atoms with E-state index in [-0.39, 0.29) is 11.9 Å². The minimum Gasteiger partial charge on any atom is -0.497 e. The number of carbonyl (C=O) groups is 1. The Morgan fingerprint density at radius 2 is 1.86 bits per heavy atom. The Bertz CT molecular complexity index is 1270. The summed E-state index contributed by atoms with van der Waals surface area (Å²) in [4.78, 5) is 15.8. The number of ether oxygens (including phenoxy) is 1. The number of β-amino-alcohol motifs (C(OH)–C–C–N with tert-alkyl or cyclic N) is 1. The van der Waals surface area contributed by atoms with E-state index in [4.69, 9.17) is 4.74 Å². The largest absolute Gasteiger partial charge is 0.497 e. The fourth-order valence-corrected chi connectivity index (χ4v) is 6.72. The maximum atomic E-state index is 13.3. The lowest BCUT2D eigenvalue weighted by molar-refractivity contribution is -0.126. The van der Waals surface area contributed by atoms with E-state index in [1.807, 2.05) is 48.5 Å². The first-order chi connectivity index (χ1) is 17.5. The van der Waals surface area contributed by atoms with Gasteiger partial charge < -0.3 is 20.1 Å². The summed E-state index contributed by atoms with van der Waals surface area (Å²) in [6, 6.07) is 22.2. The number of piperidine rings is 1. The van der Waals surface area contributed by atoms with Crippen LogP contribution in [0.5, 0.6) is 5.75 Å². The molecular weight excluding hydrogens is 448 g/mol. The summed E-state index contributed by atoms with van der Waals surface area (Å²) in [5.41, 5.74) is 0.571. The van der Waals surface area contributed by atoms with Crippen LogP contribution >= 0.6 is 0 Å². The molecule has 0 unspecified atom stereocenters. The maximum absolute atomic E-state index is 13.3. The predicted octanol–water partition coefficient (Wildman–Crippen LogP) is 4.92. The Morgan fingerprint density at radius 1 is 1.03 bits per heavy atom. The highest BCUT2D eigenvalue weighted by Gasteiger charge is 2.58. The van der Waals surface area contributed by atoms with Crippen molar-refractivity contribution in [1.29, 1.82) is 0 Å². The zero-order valence-corrected chi connectivity index (χ0v) is 21.1. The molecule has 2 saturated carbocycles. The SMILES string of the molecule is COc1cccc([C@@]23CCN(CC4CC4)C[C@@]2(O)CC[C@H](NC(=O)c2ccc4ccccc4c2)C3)c1. The molecule has 6 rings (SSSR count). The van der Waals surface area contributed by atoms with Crippen LogP contribution in [-0.2, 0) is 5.41 Å². The van der Waals surface area contributed by atoms with Gasteiger partial charge in [0.1, 0.15) is 5.75 Å². The fourth-order valence-electron chi connectivity index (χ4n) is 6.72. The monoisotopic (exact) mass is 484 g/mol. The number of benzene rings is 3. The third kappa shape index (κ3) is 4.29. The maximum Gasteiger partial charge on any atom is 0.251 e. The van der Waals surface area contributed by atoms with Crippen molar-refractivity contribution in [2.24, 2.45) is 5.92 Å². The minimum absolute atomic E-state index is 0.00503. The zero-order valence-electron chi connectivity index (χ0n) is 21.1. The normalized spacial score (nSPS) is 28.4. The number of amides is 1. The lowest BCUT2D eigenvalue weighted by Gasteiger charge is -2.58. The molecule has 1 heterocycles. The van der Waals surface area contributed by atoms with Crippen molar-refractivity contribution in [2.75, 3.05) is 26.7 Å². The van der Waals surface area contributed by atoms with Gasteiger partial charge in [0.2, 0.25) is 0 Å². The lowest BCUT2D eigenvalue weighted by atomic mass is 9.55. The molecular formula is C31H36N2O3. The standard InChI is InChI=1S/C31H36N2O3/c1-36-28-8-4-7-26(18-28)30-15-16-33(20-22-9-10-22)21-31(30,35)14-13-27(19-30)32-29(34)25-12-11-23-5-2-3-6-24(23)17-25/h2-8,11-12,17-18,22,27,35H,9-10,13-16,19-21H2,1H3,(H,32,34)/t27-,30-,31-/m0/s1. The van der Waals surface area contributed by atoms with E-state index in [1.165, 1.54) is 12.8 Å². The second kappa shape index (κ2) is 9.20. The number of methoxy groups -OCH3 is 1. The van der Waals surface area contributed by atoms with Crippen molar-refractivity contribution in [1.82, 2.24) is 10.2 Å². The molecule has 2 N–H and O–H groups in total. The molecule has 1 saturated heterocycles. The van der Waals surface area contributed by atoms with Crippen molar-refractivity contribution in [3.05, 3.63) is 77.9 Å². The van der Waals surface area contributed by atoms with Crippen LogP contribution in [0, 0.1) is 5.92 Å². The minimum atomic E-state index is -0.823. The van der Waals surface area contributed by atoms with Gasteiger partial charge in [-0.05, 0) is 91.6 Å². The van der Waals surface area contributed by atoms with Crippen LogP contribution in [0.15, 0.2) is 66.7 Å². The summed E-state index contributed by atoms with van der Waals surface area (Å²) in [7, 11) is 1.69. The third-order valence-corrected chi connectivity index (χ3v) is 8.91. The van der Waals surface area contributed by atoms with Gasteiger partial charge in [-0.25, -0.2) is 0 Å². The summed E-state index contributed by atoms with van der Waals surface area (Å²) in [5.74, 6) is 1.57. The van der Waals surface area contributed by atoms with Crippen LogP contribution in [0.1, 0.15) is 54.4 Å². The van der Waals surface area contributed by atoms with Crippen molar-refractivity contribution < 1.29 is 14.6 Å². The van der Waals surface area contributed by atoms with E-state index in [0.29, 0.717) is 18.5 Å². The molecule has 3 aliphatic rings. The van der Waals surface area contributed by atoms with Gasteiger partial charge in [-0.2, -0.15) is 0 Å². The molecule has 3 aromatic rings. The van der Waals surface area contributed by atoms with E-state index in [9.17, 15) is 9.90 Å². The topological polar surface area (TPSA) is 61.8 Å². The molecule has 5 nitrogen and oxygen atoms in total. The molecule has 5 heteroatoms. The molecule has 1 amide bonds. The zero-order chi connectivity index (χ0) is 24.8. The molecule has 1 aliphatic heterocycles. The molecule has 188 valence electrons. The van der Waals surface area contributed by atoms with Crippen LogP contribution in [0.3, 0.4) is 0 Å². The molecule has 2 aliphatic carbocycles. The van der Waals surface area contributed by atoms with Crippen molar-refractivity contribution >= 4 is 16.7 Å². The number of nitrogens with one attached hydrogen (secondary N) is 1. The molecule has 3 atom stereocenters. The van der Waals surface area contributed by atoms with E-state index < -0.39 is 11.0 Å². The Kier molecular flexibility index (Phi) is 6.01. The number of fused-ring (bicyclic) bond motifs is 2. The first-order valence-corrected chi connectivity index (χ1v) is 13.4. The third-order valence-electron chi connectivity index (χ3n) is 8.91. The quantitative estimate of drug-likeness (QED) is 0.522. The highest BCUT2D eigenvalue weighted by molar-refractivity contribution is 5.98. The number of rotatable bonds is 6. The summed E-state index contributed by atoms with van der Waals surface area (Å²) in [6.45, 7) is 2.77.